The van der Waals surface area contributed by atoms with Gasteiger partial charge in [0.05, 0.1) is 4.90 Å². The average Bonchev–Trinajstić information content (AvgIpc) is 2.64. The Labute approximate surface area is 122 Å². The second-order valence-electron chi connectivity index (χ2n) is 5.45. The van der Waals surface area contributed by atoms with E-state index in [0.29, 0.717) is 18.0 Å². The molecule has 1 atom stereocenters. The van der Waals surface area contributed by atoms with Crippen LogP contribution in [0.4, 0.5) is 0 Å². The minimum Gasteiger partial charge on any atom is -0.316 e. The number of hydrogen-bond donors (Lipinski definition) is 1. The molecule has 0 radical (unpaired) electrons. The minimum absolute atomic E-state index is 0.0881. The maximum Gasteiger partial charge on any atom is 0.243 e. The molecule has 0 bridgehead atoms. The monoisotopic (exact) mass is 296 g/mol. The number of hydrogen-bond acceptors (Lipinski definition) is 3. The van der Waals surface area contributed by atoms with Crippen LogP contribution in [-0.2, 0) is 16.6 Å². The van der Waals surface area contributed by atoms with Gasteiger partial charge in [-0.2, -0.15) is 4.31 Å². The van der Waals surface area contributed by atoms with Gasteiger partial charge in [0.15, 0.2) is 0 Å². The van der Waals surface area contributed by atoms with Crippen molar-refractivity contribution in [1.29, 1.82) is 0 Å². The van der Waals surface area contributed by atoms with Crippen molar-refractivity contribution in [2.45, 2.75) is 50.1 Å². The third-order valence-electron chi connectivity index (χ3n) is 3.92. The molecule has 1 N–H and O–H groups in total. The predicted octanol–water partition coefficient (Wildman–Crippen LogP) is 2.36. The molecule has 0 aromatic heterocycles. The van der Waals surface area contributed by atoms with Gasteiger partial charge in [-0.1, -0.05) is 31.0 Å². The molecule has 0 aliphatic carbocycles. The van der Waals surface area contributed by atoms with Crippen molar-refractivity contribution in [3.63, 3.8) is 0 Å². The van der Waals surface area contributed by atoms with Crippen LogP contribution in [0.1, 0.15) is 38.2 Å². The van der Waals surface area contributed by atoms with E-state index in [4.69, 9.17) is 0 Å². The summed E-state index contributed by atoms with van der Waals surface area (Å²) in [5.41, 5.74) is 0.839. The molecule has 1 aromatic rings. The van der Waals surface area contributed by atoms with Gasteiger partial charge in [0.1, 0.15) is 0 Å². The van der Waals surface area contributed by atoms with Crippen molar-refractivity contribution in [1.82, 2.24) is 9.62 Å². The maximum atomic E-state index is 12.9. The van der Waals surface area contributed by atoms with Crippen molar-refractivity contribution in [3.8, 4) is 0 Å². The van der Waals surface area contributed by atoms with Gasteiger partial charge in [-0.25, -0.2) is 8.42 Å². The highest BCUT2D eigenvalue weighted by Gasteiger charge is 2.31. The van der Waals surface area contributed by atoms with Crippen LogP contribution in [-0.4, -0.2) is 32.4 Å². The first-order chi connectivity index (χ1) is 9.57. The van der Waals surface area contributed by atoms with E-state index in [2.05, 4.69) is 5.32 Å². The fourth-order valence-corrected chi connectivity index (χ4v) is 4.75. The van der Waals surface area contributed by atoms with Gasteiger partial charge < -0.3 is 5.32 Å². The highest BCUT2D eigenvalue weighted by Crippen LogP contribution is 2.26. The summed E-state index contributed by atoms with van der Waals surface area (Å²) in [7, 11) is -1.56. The van der Waals surface area contributed by atoms with E-state index in [9.17, 15) is 8.42 Å². The maximum absolute atomic E-state index is 12.9. The summed E-state index contributed by atoms with van der Waals surface area (Å²) in [6.07, 6.45) is 4.14. The quantitative estimate of drug-likeness (QED) is 0.928. The molecule has 0 spiro atoms. The van der Waals surface area contributed by atoms with Crippen molar-refractivity contribution < 1.29 is 8.42 Å². The van der Waals surface area contributed by atoms with E-state index in [-0.39, 0.29) is 6.04 Å². The van der Waals surface area contributed by atoms with E-state index >= 15 is 0 Å². The van der Waals surface area contributed by atoms with Crippen molar-refractivity contribution >= 4 is 10.0 Å². The molecular weight excluding hydrogens is 272 g/mol. The van der Waals surface area contributed by atoms with Crippen LogP contribution >= 0.6 is 0 Å². The first-order valence-corrected chi connectivity index (χ1v) is 8.75. The second-order valence-corrected chi connectivity index (χ2v) is 7.31. The SMILES string of the molecule is CNCc1ccccc1S(=O)(=O)N1CCCCCC1C. The highest BCUT2D eigenvalue weighted by molar-refractivity contribution is 7.89. The summed E-state index contributed by atoms with van der Waals surface area (Å²) < 4.78 is 27.6. The second kappa shape index (κ2) is 6.70. The molecule has 2 rings (SSSR count). The van der Waals surface area contributed by atoms with Gasteiger partial charge in [-0.15, -0.1) is 0 Å². The number of rotatable bonds is 4. The lowest BCUT2D eigenvalue weighted by molar-refractivity contribution is 0.341. The molecule has 1 aliphatic heterocycles. The van der Waals surface area contributed by atoms with Gasteiger partial charge in [0.25, 0.3) is 0 Å². The molecule has 1 heterocycles. The fraction of sp³-hybridized carbons (Fsp3) is 0.600. The molecule has 5 heteroatoms. The summed E-state index contributed by atoms with van der Waals surface area (Å²) >= 11 is 0. The summed E-state index contributed by atoms with van der Waals surface area (Å²) in [4.78, 5) is 0.447. The zero-order valence-electron chi connectivity index (χ0n) is 12.3. The first kappa shape index (κ1) is 15.5. The van der Waals surface area contributed by atoms with Crippen LogP contribution in [0.15, 0.2) is 29.2 Å². The zero-order valence-corrected chi connectivity index (χ0v) is 13.1. The molecule has 112 valence electrons. The van der Waals surface area contributed by atoms with Crippen LogP contribution in [0.5, 0.6) is 0 Å². The smallest absolute Gasteiger partial charge is 0.243 e. The van der Waals surface area contributed by atoms with E-state index in [1.807, 2.05) is 26.1 Å². The van der Waals surface area contributed by atoms with Gasteiger partial charge >= 0.3 is 0 Å². The van der Waals surface area contributed by atoms with Crippen molar-refractivity contribution in [3.05, 3.63) is 29.8 Å². The summed E-state index contributed by atoms with van der Waals surface area (Å²) in [6, 6.07) is 7.38. The van der Waals surface area contributed by atoms with E-state index < -0.39 is 10.0 Å². The van der Waals surface area contributed by atoms with E-state index in [0.717, 1.165) is 31.2 Å². The van der Waals surface area contributed by atoms with Gasteiger partial charge in [0.2, 0.25) is 10.0 Å². The molecule has 20 heavy (non-hydrogen) atoms. The van der Waals surface area contributed by atoms with Crippen LogP contribution in [0.2, 0.25) is 0 Å². The van der Waals surface area contributed by atoms with Crippen molar-refractivity contribution in [2.24, 2.45) is 0 Å². The van der Waals surface area contributed by atoms with Gasteiger partial charge in [-0.3, -0.25) is 0 Å². The summed E-state index contributed by atoms with van der Waals surface area (Å²) in [5, 5.41) is 3.04. The summed E-state index contributed by atoms with van der Waals surface area (Å²) in [5.74, 6) is 0. The molecule has 1 saturated heterocycles. The molecule has 1 fully saturated rings. The summed E-state index contributed by atoms with van der Waals surface area (Å²) in [6.45, 7) is 3.22. The number of nitrogens with one attached hydrogen (secondary N) is 1. The number of nitrogens with zero attached hydrogens (tertiary/aromatic N) is 1. The Morgan fingerprint density at radius 3 is 2.75 bits per heavy atom. The lowest BCUT2D eigenvalue weighted by Crippen LogP contribution is -2.38. The average molecular weight is 296 g/mol. The van der Waals surface area contributed by atoms with E-state index in [1.54, 1.807) is 16.4 Å². The Morgan fingerprint density at radius 1 is 1.25 bits per heavy atom. The predicted molar refractivity (Wildman–Crippen MR) is 81.0 cm³/mol. The molecule has 0 saturated carbocycles. The van der Waals surface area contributed by atoms with Crippen LogP contribution in [0.3, 0.4) is 0 Å². The van der Waals surface area contributed by atoms with Gasteiger partial charge in [-0.05, 0) is 38.4 Å². The standard InChI is InChI=1S/C15H24N2O2S/c1-13-8-4-3-7-11-17(13)20(18,19)15-10-6-5-9-14(15)12-16-2/h5-6,9-10,13,16H,3-4,7-8,11-12H2,1-2H3. The largest absolute Gasteiger partial charge is 0.316 e. The number of benzene rings is 1. The fourth-order valence-electron chi connectivity index (χ4n) is 2.82. The van der Waals surface area contributed by atoms with Crippen LogP contribution < -0.4 is 5.32 Å². The Morgan fingerprint density at radius 2 is 2.00 bits per heavy atom. The Hall–Kier alpha value is -0.910. The molecular formula is C15H24N2O2S. The highest BCUT2D eigenvalue weighted by atomic mass is 32.2. The molecule has 1 aromatic carbocycles. The Kier molecular flexibility index (Phi) is 5.18. The molecule has 4 nitrogen and oxygen atoms in total. The lowest BCUT2D eigenvalue weighted by Gasteiger charge is -2.27. The first-order valence-electron chi connectivity index (χ1n) is 7.31. The van der Waals surface area contributed by atoms with Crippen LogP contribution in [0.25, 0.3) is 0 Å². The molecule has 1 unspecified atom stereocenters. The minimum atomic E-state index is -3.39. The zero-order chi connectivity index (χ0) is 14.6. The molecule has 1 aliphatic rings. The lowest BCUT2D eigenvalue weighted by atomic mass is 10.1. The third-order valence-corrected chi connectivity index (χ3v) is 6.03. The van der Waals surface area contributed by atoms with Crippen molar-refractivity contribution in [2.75, 3.05) is 13.6 Å². The van der Waals surface area contributed by atoms with Crippen LogP contribution in [0, 0.1) is 0 Å². The normalized spacial score (nSPS) is 21.6. The number of sulfonamides is 1. The Balaban J connectivity index is 2.38. The molecule has 0 amide bonds. The van der Waals surface area contributed by atoms with Gasteiger partial charge in [0, 0.05) is 19.1 Å². The topological polar surface area (TPSA) is 49.4 Å². The third kappa shape index (κ3) is 3.22. The van der Waals surface area contributed by atoms with E-state index in [1.165, 1.54) is 0 Å². The Bertz CT molecular complexity index is 543.